The van der Waals surface area contributed by atoms with Crippen LogP contribution in [0.3, 0.4) is 0 Å². The first-order chi connectivity index (χ1) is 11.9. The number of rotatable bonds is 4. The molecule has 1 aliphatic heterocycles. The fraction of sp³-hybridized carbons (Fsp3) is 0.267. The van der Waals surface area contributed by atoms with Crippen LogP contribution in [0.4, 0.5) is 5.13 Å². The molecule has 0 saturated carbocycles. The number of nitrogens with zero attached hydrogens (tertiary/aromatic N) is 5. The molecule has 0 amide bonds. The molecule has 0 aromatic carbocycles. The molecule has 9 heteroatoms. The van der Waals surface area contributed by atoms with E-state index in [1.54, 1.807) is 22.7 Å². The van der Waals surface area contributed by atoms with Gasteiger partial charge in [0.05, 0.1) is 5.01 Å². The third-order valence-electron chi connectivity index (χ3n) is 3.41. The fourth-order valence-electron chi connectivity index (χ4n) is 2.27. The average Bonchev–Trinajstić information content (AvgIpc) is 3.26. The Morgan fingerprint density at radius 1 is 1.08 bits per heavy atom. The molecule has 0 fully saturated rings. The highest BCUT2D eigenvalue weighted by Gasteiger charge is 2.11. The summed E-state index contributed by atoms with van der Waals surface area (Å²) in [5.74, 6) is 0.796. The summed E-state index contributed by atoms with van der Waals surface area (Å²) < 4.78 is 0. The Morgan fingerprint density at radius 3 is 2.75 bits per heavy atom. The van der Waals surface area contributed by atoms with Gasteiger partial charge in [-0.25, -0.2) is 19.9 Å². The molecule has 122 valence electrons. The van der Waals surface area contributed by atoms with E-state index >= 15 is 0 Å². The Morgan fingerprint density at radius 2 is 1.92 bits per heavy atom. The smallest absolute Gasteiger partial charge is 0.197 e. The van der Waals surface area contributed by atoms with E-state index in [4.69, 9.17) is 0 Å². The lowest BCUT2D eigenvalue weighted by molar-refractivity contribution is 0.740. The molecule has 2 N–H and O–H groups in total. The van der Waals surface area contributed by atoms with Gasteiger partial charge in [-0.15, -0.1) is 22.7 Å². The summed E-state index contributed by atoms with van der Waals surface area (Å²) in [6, 6.07) is 0. The highest BCUT2D eigenvalue weighted by Crippen LogP contribution is 2.27. The van der Waals surface area contributed by atoms with Crippen molar-refractivity contribution in [3.8, 4) is 11.4 Å². The van der Waals surface area contributed by atoms with Gasteiger partial charge in [0.15, 0.2) is 11.1 Å². The van der Waals surface area contributed by atoms with Gasteiger partial charge in [0, 0.05) is 42.7 Å². The molecule has 7 nitrogen and oxygen atoms in total. The third kappa shape index (κ3) is 3.57. The minimum Gasteiger partial charge on any atom is -0.356 e. The first-order valence-electron chi connectivity index (χ1n) is 7.56. The van der Waals surface area contributed by atoms with Crippen LogP contribution in [0.5, 0.6) is 0 Å². The van der Waals surface area contributed by atoms with E-state index in [0.29, 0.717) is 0 Å². The van der Waals surface area contributed by atoms with Crippen LogP contribution in [-0.4, -0.2) is 39.0 Å². The molecule has 0 bridgehead atoms. The highest BCUT2D eigenvalue weighted by atomic mass is 32.1. The zero-order valence-corrected chi connectivity index (χ0v) is 14.4. The maximum absolute atomic E-state index is 4.67. The second kappa shape index (κ2) is 7.02. The molecule has 1 aliphatic rings. The van der Waals surface area contributed by atoms with Crippen LogP contribution in [0.15, 0.2) is 34.5 Å². The Kier molecular flexibility index (Phi) is 4.43. The van der Waals surface area contributed by atoms with Crippen molar-refractivity contribution in [3.63, 3.8) is 0 Å². The van der Waals surface area contributed by atoms with Crippen molar-refractivity contribution < 1.29 is 0 Å². The minimum atomic E-state index is 0.738. The Labute approximate surface area is 147 Å². The van der Waals surface area contributed by atoms with Gasteiger partial charge in [-0.3, -0.25) is 4.99 Å². The van der Waals surface area contributed by atoms with Crippen molar-refractivity contribution in [1.29, 1.82) is 0 Å². The Bertz CT molecular complexity index is 840. The summed E-state index contributed by atoms with van der Waals surface area (Å²) in [6.45, 7) is 1.80. The first kappa shape index (κ1) is 15.2. The zero-order chi connectivity index (χ0) is 16.2. The first-order valence-corrected chi connectivity index (χ1v) is 9.32. The summed E-state index contributed by atoms with van der Waals surface area (Å²) >= 11 is 3.18. The lowest BCUT2D eigenvalue weighted by atomic mass is 10.2. The largest absolute Gasteiger partial charge is 0.356 e. The highest BCUT2D eigenvalue weighted by molar-refractivity contribution is 7.14. The van der Waals surface area contributed by atoms with E-state index in [2.05, 4.69) is 35.6 Å². The maximum Gasteiger partial charge on any atom is 0.197 e. The molecular weight excluding hydrogens is 342 g/mol. The van der Waals surface area contributed by atoms with Crippen molar-refractivity contribution in [2.24, 2.45) is 4.99 Å². The van der Waals surface area contributed by atoms with Crippen LogP contribution in [-0.2, 0) is 6.42 Å². The number of aromatic nitrogens is 4. The van der Waals surface area contributed by atoms with Gasteiger partial charge in [0.25, 0.3) is 0 Å². The van der Waals surface area contributed by atoms with E-state index < -0.39 is 0 Å². The van der Waals surface area contributed by atoms with Gasteiger partial charge < -0.3 is 10.6 Å². The molecule has 3 aromatic heterocycles. The van der Waals surface area contributed by atoms with Gasteiger partial charge in [-0.05, 0) is 12.0 Å². The van der Waals surface area contributed by atoms with Crippen LogP contribution >= 0.6 is 22.7 Å². The summed E-state index contributed by atoms with van der Waals surface area (Å²) in [7, 11) is 0. The third-order valence-corrected chi connectivity index (χ3v) is 5.02. The second-order valence-electron chi connectivity index (χ2n) is 5.22. The van der Waals surface area contributed by atoms with Crippen molar-refractivity contribution in [1.82, 2.24) is 25.3 Å². The van der Waals surface area contributed by atoms with Crippen molar-refractivity contribution in [3.05, 3.63) is 40.1 Å². The molecule has 0 atom stereocenters. The monoisotopic (exact) mass is 357 g/mol. The van der Waals surface area contributed by atoms with E-state index in [-0.39, 0.29) is 0 Å². The summed E-state index contributed by atoms with van der Waals surface area (Å²) in [4.78, 5) is 21.7. The quantitative estimate of drug-likeness (QED) is 0.745. The van der Waals surface area contributed by atoms with Crippen LogP contribution < -0.4 is 10.6 Å². The molecule has 4 heterocycles. The Balaban J connectivity index is 1.45. The molecule has 24 heavy (non-hydrogen) atoms. The van der Waals surface area contributed by atoms with Crippen LogP contribution in [0, 0.1) is 0 Å². The number of guanidine groups is 1. The topological polar surface area (TPSA) is 88.0 Å². The number of aliphatic imine (C=N–C) groups is 1. The second-order valence-corrected chi connectivity index (χ2v) is 7.02. The van der Waals surface area contributed by atoms with Crippen molar-refractivity contribution >= 4 is 33.8 Å². The standard InChI is InChI=1S/C15H15N7S2/c1-2-18-14(19-3-1)22-15-21-12(8-24-15)11-7-23-13(20-11)4-10-5-16-9-17-6-10/h5-9H,1-4H2,(H2,18,19,21,22). The van der Waals surface area contributed by atoms with Gasteiger partial charge in [0.2, 0.25) is 0 Å². The van der Waals surface area contributed by atoms with Gasteiger partial charge in [-0.2, -0.15) is 0 Å². The Hall–Kier alpha value is -2.39. The predicted molar refractivity (Wildman–Crippen MR) is 96.6 cm³/mol. The van der Waals surface area contributed by atoms with Crippen molar-refractivity contribution in [2.75, 3.05) is 18.4 Å². The van der Waals surface area contributed by atoms with Crippen LogP contribution in [0.25, 0.3) is 11.4 Å². The summed E-state index contributed by atoms with van der Waals surface area (Å²) in [6.07, 6.45) is 6.98. The summed E-state index contributed by atoms with van der Waals surface area (Å²) in [5, 5.41) is 12.3. The van der Waals surface area contributed by atoms with Gasteiger partial charge in [0.1, 0.15) is 17.7 Å². The van der Waals surface area contributed by atoms with Gasteiger partial charge >= 0.3 is 0 Å². The summed E-state index contributed by atoms with van der Waals surface area (Å²) in [5.41, 5.74) is 2.83. The normalized spacial score (nSPS) is 14.1. The van der Waals surface area contributed by atoms with Crippen LogP contribution in [0.2, 0.25) is 0 Å². The molecule has 4 rings (SSSR count). The number of hydrogen-bond donors (Lipinski definition) is 2. The lowest BCUT2D eigenvalue weighted by Gasteiger charge is -2.13. The number of hydrogen-bond acceptors (Lipinski definition) is 9. The molecule has 0 saturated heterocycles. The molecule has 0 radical (unpaired) electrons. The molecule has 0 aliphatic carbocycles. The van der Waals surface area contributed by atoms with Crippen LogP contribution in [0.1, 0.15) is 17.0 Å². The van der Waals surface area contributed by atoms with E-state index in [0.717, 1.165) is 59.0 Å². The van der Waals surface area contributed by atoms with E-state index in [1.807, 2.05) is 23.2 Å². The molecular formula is C15H15N7S2. The lowest BCUT2D eigenvalue weighted by Crippen LogP contribution is -2.35. The average molecular weight is 357 g/mol. The molecule has 3 aromatic rings. The zero-order valence-electron chi connectivity index (χ0n) is 12.8. The molecule has 0 unspecified atom stereocenters. The predicted octanol–water partition coefficient (Wildman–Crippen LogP) is 2.41. The number of thiazole rings is 2. The fourth-order valence-corrected chi connectivity index (χ4v) is 3.80. The van der Waals surface area contributed by atoms with E-state index in [9.17, 15) is 0 Å². The minimum absolute atomic E-state index is 0.738. The number of nitrogens with one attached hydrogen (secondary N) is 2. The van der Waals surface area contributed by atoms with E-state index in [1.165, 1.54) is 6.33 Å². The van der Waals surface area contributed by atoms with Crippen molar-refractivity contribution in [2.45, 2.75) is 12.8 Å². The SMILES string of the molecule is c1ncc(Cc2nc(-c3csc(NC4=NCCCN4)n3)cs2)cn1. The molecule has 0 spiro atoms. The number of anilines is 1. The van der Waals surface area contributed by atoms with Gasteiger partial charge in [-0.1, -0.05) is 0 Å². The maximum atomic E-state index is 4.67.